The molecule has 0 heterocycles. The molecule has 0 aromatic carbocycles. The molecule has 26 valence electrons. The second-order valence-corrected chi connectivity index (χ2v) is 0.867. The number of rotatable bonds is 0. The number of nitrogens with one attached hydrogen (secondary N) is 1. The Morgan fingerprint density at radius 3 is 1.80 bits per heavy atom. The van der Waals surface area contributed by atoms with Crippen molar-refractivity contribution in [3.05, 3.63) is 0 Å². The first-order valence-electron chi connectivity index (χ1n) is 0.762. The van der Waals surface area contributed by atoms with Crippen LogP contribution in [-0.4, -0.2) is 34.7 Å². The van der Waals surface area contributed by atoms with Crippen molar-refractivity contribution in [3.8, 4) is 0 Å². The SMILES string of the molecule is N=C(N)S.[NaH]. The van der Waals surface area contributed by atoms with Gasteiger partial charge in [-0.25, -0.2) is 0 Å². The average molecular weight is 100 g/mol. The molecule has 0 bridgehead atoms. The molecule has 0 spiro atoms. The van der Waals surface area contributed by atoms with Gasteiger partial charge in [0.15, 0.2) is 0 Å². The van der Waals surface area contributed by atoms with Gasteiger partial charge in [-0.05, 0) is 0 Å². The van der Waals surface area contributed by atoms with Crippen LogP contribution in [-0.2, 0) is 0 Å². The zero-order chi connectivity index (χ0) is 3.58. The van der Waals surface area contributed by atoms with Gasteiger partial charge in [0.2, 0.25) is 0 Å². The van der Waals surface area contributed by atoms with Gasteiger partial charge in [0.25, 0.3) is 0 Å². The van der Waals surface area contributed by atoms with Crippen molar-refractivity contribution in [1.29, 1.82) is 5.41 Å². The molecule has 0 aromatic rings. The van der Waals surface area contributed by atoms with Crippen LogP contribution in [0, 0.1) is 5.41 Å². The predicted molar refractivity (Wildman–Crippen MR) is 28.0 cm³/mol. The maximum atomic E-state index is 6.14. The van der Waals surface area contributed by atoms with Crippen molar-refractivity contribution in [2.75, 3.05) is 0 Å². The minimum absolute atomic E-state index is 0. The van der Waals surface area contributed by atoms with E-state index in [0.29, 0.717) is 0 Å². The van der Waals surface area contributed by atoms with Gasteiger partial charge in [-0.1, -0.05) is 0 Å². The van der Waals surface area contributed by atoms with Crippen molar-refractivity contribution in [3.63, 3.8) is 0 Å². The molecule has 0 fully saturated rings. The molecule has 0 aromatic heterocycles. The van der Waals surface area contributed by atoms with E-state index in [-0.39, 0.29) is 34.7 Å². The fraction of sp³-hybridized carbons (Fsp3) is 0. The molecule has 0 saturated carbocycles. The first-order chi connectivity index (χ1) is 1.73. The Hall–Kier alpha value is 0.820. The Kier molecular flexibility index (Phi) is 8.93. The quantitative estimate of drug-likeness (QED) is 0.158. The van der Waals surface area contributed by atoms with E-state index in [0.717, 1.165) is 0 Å². The third-order valence-electron chi connectivity index (χ3n) is 0. The Morgan fingerprint density at radius 1 is 1.80 bits per heavy atom. The van der Waals surface area contributed by atoms with Gasteiger partial charge in [0.1, 0.15) is 5.17 Å². The number of hydrogen-bond donors (Lipinski definition) is 3. The molecule has 0 rings (SSSR count). The molecule has 5 heavy (non-hydrogen) atoms. The van der Waals surface area contributed by atoms with E-state index in [1.165, 1.54) is 0 Å². The summed E-state index contributed by atoms with van der Waals surface area (Å²) in [6.45, 7) is 0. The molecule has 0 unspecified atom stereocenters. The zero-order valence-electron chi connectivity index (χ0n) is 2.02. The van der Waals surface area contributed by atoms with Crippen molar-refractivity contribution in [2.24, 2.45) is 5.73 Å². The molecule has 0 aliphatic carbocycles. The van der Waals surface area contributed by atoms with Crippen LogP contribution < -0.4 is 5.73 Å². The van der Waals surface area contributed by atoms with Gasteiger partial charge < -0.3 is 5.73 Å². The average Bonchev–Trinajstić information content (AvgIpc) is 0.811. The third-order valence-corrected chi connectivity index (χ3v) is 0. The number of thiol groups is 1. The molecular weight excluding hydrogens is 95.1 g/mol. The van der Waals surface area contributed by atoms with Crippen LogP contribution in [0.3, 0.4) is 0 Å². The van der Waals surface area contributed by atoms with Gasteiger partial charge in [-0.2, -0.15) is 0 Å². The van der Waals surface area contributed by atoms with E-state index in [4.69, 9.17) is 5.41 Å². The minimum atomic E-state index is -0.139. The van der Waals surface area contributed by atoms with Crippen LogP contribution in [0.2, 0.25) is 0 Å². The normalized spacial score (nSPS) is 5.00. The third kappa shape index (κ3) is 57.0. The molecular formula is CH5N2NaS. The summed E-state index contributed by atoms with van der Waals surface area (Å²) in [6.07, 6.45) is 0. The van der Waals surface area contributed by atoms with Crippen LogP contribution in [0.1, 0.15) is 0 Å². The summed E-state index contributed by atoms with van der Waals surface area (Å²) < 4.78 is 0. The van der Waals surface area contributed by atoms with E-state index in [1.807, 2.05) is 0 Å². The summed E-state index contributed by atoms with van der Waals surface area (Å²) >= 11 is 3.33. The Bertz CT molecular complexity index is 32.6. The molecule has 0 atom stereocenters. The van der Waals surface area contributed by atoms with Crippen LogP contribution in [0.5, 0.6) is 0 Å². The Balaban J connectivity index is 0. The van der Waals surface area contributed by atoms with Crippen LogP contribution in [0.15, 0.2) is 0 Å². The van der Waals surface area contributed by atoms with Crippen LogP contribution in [0.4, 0.5) is 0 Å². The van der Waals surface area contributed by atoms with Gasteiger partial charge >= 0.3 is 29.6 Å². The first-order valence-corrected chi connectivity index (χ1v) is 1.21. The zero-order valence-corrected chi connectivity index (χ0v) is 2.92. The second kappa shape index (κ2) is 4.82. The van der Waals surface area contributed by atoms with Gasteiger partial charge in [-0.15, -0.1) is 12.6 Å². The van der Waals surface area contributed by atoms with E-state index in [1.54, 1.807) is 0 Å². The van der Waals surface area contributed by atoms with E-state index < -0.39 is 0 Å². The van der Waals surface area contributed by atoms with Crippen molar-refractivity contribution in [1.82, 2.24) is 0 Å². The summed E-state index contributed by atoms with van der Waals surface area (Å²) in [5.41, 5.74) is 4.56. The van der Waals surface area contributed by atoms with Crippen molar-refractivity contribution in [2.45, 2.75) is 0 Å². The Labute approximate surface area is 58.3 Å². The summed E-state index contributed by atoms with van der Waals surface area (Å²) in [6, 6.07) is 0. The maximum absolute atomic E-state index is 6.14. The standard InChI is InChI=1S/CH4N2S.Na.H/c2-1(3)4;;/h(H4,2,3,4);;. The van der Waals surface area contributed by atoms with E-state index >= 15 is 0 Å². The fourth-order valence-corrected chi connectivity index (χ4v) is 0. The van der Waals surface area contributed by atoms with E-state index in [2.05, 4.69) is 18.4 Å². The molecule has 0 saturated heterocycles. The monoisotopic (exact) mass is 100 g/mol. The van der Waals surface area contributed by atoms with Gasteiger partial charge in [-0.3, -0.25) is 5.41 Å². The van der Waals surface area contributed by atoms with Crippen molar-refractivity contribution >= 4 is 47.4 Å². The Morgan fingerprint density at radius 2 is 1.80 bits per heavy atom. The van der Waals surface area contributed by atoms with Gasteiger partial charge in [0, 0.05) is 0 Å². The molecule has 0 aliphatic heterocycles. The topological polar surface area (TPSA) is 49.9 Å². The van der Waals surface area contributed by atoms with Crippen LogP contribution >= 0.6 is 12.6 Å². The summed E-state index contributed by atoms with van der Waals surface area (Å²) in [5.74, 6) is 0. The summed E-state index contributed by atoms with van der Waals surface area (Å²) in [5, 5.41) is 6.00. The second-order valence-electron chi connectivity index (χ2n) is 0.385. The van der Waals surface area contributed by atoms with Crippen molar-refractivity contribution < 1.29 is 0 Å². The number of nitrogens with two attached hydrogens (primary N) is 1. The summed E-state index contributed by atoms with van der Waals surface area (Å²) in [7, 11) is 0. The number of amidine groups is 1. The number of hydrogen-bond acceptors (Lipinski definition) is 1. The molecule has 0 aliphatic rings. The van der Waals surface area contributed by atoms with Crippen LogP contribution in [0.25, 0.3) is 0 Å². The summed E-state index contributed by atoms with van der Waals surface area (Å²) in [4.78, 5) is 0. The molecule has 3 N–H and O–H groups in total. The molecule has 0 amide bonds. The molecule has 2 nitrogen and oxygen atoms in total. The molecule has 4 heteroatoms. The first kappa shape index (κ1) is 9.27. The van der Waals surface area contributed by atoms with Gasteiger partial charge in [0.05, 0.1) is 0 Å². The fourth-order valence-electron chi connectivity index (χ4n) is 0. The predicted octanol–water partition coefficient (Wildman–Crippen LogP) is -0.839. The molecule has 0 radical (unpaired) electrons. The van der Waals surface area contributed by atoms with E-state index in [9.17, 15) is 0 Å².